The van der Waals surface area contributed by atoms with Crippen molar-refractivity contribution in [2.24, 2.45) is 0 Å². The second-order valence-electron chi connectivity index (χ2n) is 3.46. The van der Waals surface area contributed by atoms with Crippen molar-refractivity contribution in [3.8, 4) is 0 Å². The number of nitro benzene ring substituents is 1. The first-order chi connectivity index (χ1) is 8.90. The fraction of sp³-hybridized carbons (Fsp3) is 0. The van der Waals surface area contributed by atoms with Gasteiger partial charge >= 0.3 is 0 Å². The smallest absolute Gasteiger partial charge is 0.271 e. The molecule has 1 aromatic heterocycles. The number of benzene rings is 1. The lowest BCUT2D eigenvalue weighted by Crippen LogP contribution is -2.12. The van der Waals surface area contributed by atoms with Crippen molar-refractivity contribution in [1.29, 1.82) is 0 Å². The van der Waals surface area contributed by atoms with E-state index in [1.807, 2.05) is 4.72 Å². The van der Waals surface area contributed by atoms with Crippen LogP contribution < -0.4 is 4.72 Å². The summed E-state index contributed by atoms with van der Waals surface area (Å²) >= 11 is 0.959. The van der Waals surface area contributed by atoms with Crippen molar-refractivity contribution in [2.45, 2.75) is 4.21 Å². The van der Waals surface area contributed by atoms with E-state index in [0.29, 0.717) is 0 Å². The minimum Gasteiger partial charge on any atom is -0.276 e. The maximum absolute atomic E-state index is 13.5. The van der Waals surface area contributed by atoms with Crippen LogP contribution in [-0.2, 0) is 10.0 Å². The highest BCUT2D eigenvalue weighted by Gasteiger charge is 2.19. The van der Waals surface area contributed by atoms with E-state index in [9.17, 15) is 22.9 Å². The Labute approximate surface area is 111 Å². The van der Waals surface area contributed by atoms with Gasteiger partial charge in [-0.2, -0.15) is 0 Å². The Balaban J connectivity index is 2.39. The van der Waals surface area contributed by atoms with Crippen molar-refractivity contribution >= 4 is 32.7 Å². The molecule has 1 aromatic carbocycles. The van der Waals surface area contributed by atoms with Gasteiger partial charge in [-0.15, -0.1) is 11.3 Å². The largest absolute Gasteiger partial charge is 0.276 e. The predicted octanol–water partition coefficient (Wildman–Crippen LogP) is 2.60. The van der Waals surface area contributed by atoms with Gasteiger partial charge in [-0.05, 0) is 17.5 Å². The Bertz CT molecular complexity index is 713. The van der Waals surface area contributed by atoms with Crippen LogP contribution in [0.2, 0.25) is 0 Å². The number of hydrogen-bond acceptors (Lipinski definition) is 5. The van der Waals surface area contributed by atoms with Crippen LogP contribution in [0.3, 0.4) is 0 Å². The molecule has 0 saturated carbocycles. The lowest BCUT2D eigenvalue weighted by molar-refractivity contribution is -0.384. The van der Waals surface area contributed by atoms with E-state index in [0.717, 1.165) is 29.5 Å². The van der Waals surface area contributed by atoms with Gasteiger partial charge in [0, 0.05) is 12.1 Å². The van der Waals surface area contributed by atoms with E-state index in [1.165, 1.54) is 12.1 Å². The van der Waals surface area contributed by atoms with Gasteiger partial charge in [0.25, 0.3) is 15.7 Å². The summed E-state index contributed by atoms with van der Waals surface area (Å²) in [4.78, 5) is 9.83. The lowest BCUT2D eigenvalue weighted by atomic mass is 10.3. The van der Waals surface area contributed by atoms with Crippen molar-refractivity contribution in [1.82, 2.24) is 0 Å². The summed E-state index contributed by atoms with van der Waals surface area (Å²) in [6.45, 7) is 0. The molecule has 0 unspecified atom stereocenters. The van der Waals surface area contributed by atoms with Crippen LogP contribution in [0, 0.1) is 15.9 Å². The Morgan fingerprint density at radius 2 is 2.05 bits per heavy atom. The fourth-order valence-electron chi connectivity index (χ4n) is 1.32. The Morgan fingerprint density at radius 3 is 2.63 bits per heavy atom. The summed E-state index contributed by atoms with van der Waals surface area (Å²) in [5.41, 5.74) is -0.854. The summed E-state index contributed by atoms with van der Waals surface area (Å²) < 4.78 is 39.2. The average molecular weight is 302 g/mol. The third kappa shape index (κ3) is 2.88. The molecule has 1 heterocycles. The van der Waals surface area contributed by atoms with E-state index >= 15 is 0 Å². The van der Waals surface area contributed by atoms with Gasteiger partial charge < -0.3 is 0 Å². The van der Waals surface area contributed by atoms with Crippen LogP contribution in [0.5, 0.6) is 0 Å². The minimum atomic E-state index is -3.93. The van der Waals surface area contributed by atoms with Gasteiger partial charge in [0.05, 0.1) is 10.6 Å². The standard InChI is InChI=1S/C10H7FN2O4S2/c11-8-4-3-7(13(14)15)6-9(8)12-19(16,17)10-2-1-5-18-10/h1-6,12H. The van der Waals surface area contributed by atoms with Gasteiger partial charge in [-0.3, -0.25) is 14.8 Å². The van der Waals surface area contributed by atoms with Gasteiger partial charge in [-0.1, -0.05) is 6.07 Å². The molecule has 0 fully saturated rings. The van der Waals surface area contributed by atoms with E-state index in [1.54, 1.807) is 5.38 Å². The number of hydrogen-bond donors (Lipinski definition) is 1. The summed E-state index contributed by atoms with van der Waals surface area (Å²) in [7, 11) is -3.93. The molecule has 2 aromatic rings. The van der Waals surface area contributed by atoms with Crippen LogP contribution in [-0.4, -0.2) is 13.3 Å². The first-order valence-electron chi connectivity index (χ1n) is 4.90. The van der Waals surface area contributed by atoms with Crippen molar-refractivity contribution in [2.75, 3.05) is 4.72 Å². The number of halogens is 1. The third-order valence-electron chi connectivity index (χ3n) is 2.17. The van der Waals surface area contributed by atoms with Gasteiger partial charge in [0.1, 0.15) is 10.0 Å². The fourth-order valence-corrected chi connectivity index (χ4v) is 3.37. The van der Waals surface area contributed by atoms with Crippen LogP contribution in [0.4, 0.5) is 15.8 Å². The highest BCUT2D eigenvalue weighted by molar-refractivity contribution is 7.94. The van der Waals surface area contributed by atoms with E-state index in [-0.39, 0.29) is 4.21 Å². The molecule has 0 saturated heterocycles. The zero-order valence-corrected chi connectivity index (χ0v) is 10.9. The Hall–Kier alpha value is -2.00. The first-order valence-corrected chi connectivity index (χ1v) is 7.27. The molecule has 0 atom stereocenters. The molecular formula is C10H7FN2O4S2. The molecule has 0 bridgehead atoms. The molecule has 0 aliphatic carbocycles. The zero-order chi connectivity index (χ0) is 14.0. The quantitative estimate of drug-likeness (QED) is 0.694. The van der Waals surface area contributed by atoms with Crippen LogP contribution in [0.15, 0.2) is 39.9 Å². The number of anilines is 1. The molecule has 2 rings (SSSR count). The molecule has 0 aliphatic heterocycles. The van der Waals surface area contributed by atoms with Gasteiger partial charge in [-0.25, -0.2) is 12.8 Å². The second kappa shape index (κ2) is 4.94. The summed E-state index contributed by atoms with van der Waals surface area (Å²) in [5, 5.41) is 12.1. The second-order valence-corrected chi connectivity index (χ2v) is 6.32. The maximum Gasteiger partial charge on any atom is 0.271 e. The number of rotatable bonds is 4. The molecule has 0 radical (unpaired) electrons. The summed E-state index contributed by atoms with van der Waals surface area (Å²) in [5.74, 6) is -0.884. The average Bonchev–Trinajstić information content (AvgIpc) is 2.85. The van der Waals surface area contributed by atoms with E-state index in [4.69, 9.17) is 0 Å². The van der Waals surface area contributed by atoms with Crippen LogP contribution in [0.25, 0.3) is 0 Å². The highest BCUT2D eigenvalue weighted by atomic mass is 32.2. The molecule has 0 amide bonds. The Kier molecular flexibility index (Phi) is 3.49. The lowest BCUT2D eigenvalue weighted by Gasteiger charge is -2.06. The number of non-ortho nitro benzene ring substituents is 1. The Morgan fingerprint density at radius 1 is 1.32 bits per heavy atom. The minimum absolute atomic E-state index is 0.00148. The molecule has 1 N–H and O–H groups in total. The van der Waals surface area contributed by atoms with Crippen LogP contribution in [0.1, 0.15) is 0 Å². The predicted molar refractivity (Wildman–Crippen MR) is 68.2 cm³/mol. The SMILES string of the molecule is O=[N+]([O-])c1ccc(F)c(NS(=O)(=O)c2cccs2)c1. The summed E-state index contributed by atoms with van der Waals surface area (Å²) in [6, 6.07) is 5.51. The molecule has 0 spiro atoms. The van der Waals surface area contributed by atoms with Crippen molar-refractivity contribution in [3.05, 3.63) is 51.6 Å². The van der Waals surface area contributed by atoms with Crippen molar-refractivity contribution in [3.63, 3.8) is 0 Å². The molecule has 6 nitrogen and oxygen atoms in total. The van der Waals surface area contributed by atoms with Gasteiger partial charge in [0.15, 0.2) is 0 Å². The monoisotopic (exact) mass is 302 g/mol. The number of nitrogens with zero attached hydrogens (tertiary/aromatic N) is 1. The number of nitro groups is 1. The molecule has 9 heteroatoms. The van der Waals surface area contributed by atoms with E-state index < -0.39 is 32.1 Å². The topological polar surface area (TPSA) is 89.3 Å². The molecule has 19 heavy (non-hydrogen) atoms. The molecule has 0 aliphatic rings. The summed E-state index contributed by atoms with van der Waals surface area (Å²) in [6.07, 6.45) is 0. The molecular weight excluding hydrogens is 295 g/mol. The first kappa shape index (κ1) is 13.4. The number of sulfonamides is 1. The van der Waals surface area contributed by atoms with Gasteiger partial charge in [0.2, 0.25) is 0 Å². The molecule has 100 valence electrons. The normalized spacial score (nSPS) is 11.2. The van der Waals surface area contributed by atoms with Crippen LogP contribution >= 0.6 is 11.3 Å². The van der Waals surface area contributed by atoms with Crippen molar-refractivity contribution < 1.29 is 17.7 Å². The third-order valence-corrected chi connectivity index (χ3v) is 4.93. The van der Waals surface area contributed by atoms with E-state index in [2.05, 4.69) is 0 Å². The maximum atomic E-state index is 13.5. The number of thiophene rings is 1. The zero-order valence-electron chi connectivity index (χ0n) is 9.24. The highest BCUT2D eigenvalue weighted by Crippen LogP contribution is 2.25. The number of nitrogens with one attached hydrogen (secondary N) is 1.